The van der Waals surface area contributed by atoms with E-state index >= 15 is 0 Å². The van der Waals surface area contributed by atoms with Gasteiger partial charge in [0, 0.05) is 11.5 Å². The zero-order chi connectivity index (χ0) is 23.9. The number of allylic oxidation sites excluding steroid dienone is 4. The summed E-state index contributed by atoms with van der Waals surface area (Å²) < 4.78 is 0. The highest BCUT2D eigenvalue weighted by molar-refractivity contribution is 4.88. The topological polar surface area (TPSA) is 48.8 Å². The molecule has 0 aliphatic heterocycles. The van der Waals surface area contributed by atoms with Gasteiger partial charge in [-0.25, -0.2) is 0 Å². The lowest BCUT2D eigenvalue weighted by Gasteiger charge is -2.01. The van der Waals surface area contributed by atoms with E-state index in [1.807, 2.05) is 0 Å². The monoisotopic (exact) mass is 459 g/mol. The maximum atomic E-state index is 8.22. The van der Waals surface area contributed by atoms with Crippen molar-refractivity contribution in [2.45, 2.75) is 161 Å². The summed E-state index contributed by atoms with van der Waals surface area (Å²) in [7, 11) is 0. The second-order valence-electron chi connectivity index (χ2n) is 9.77. The Balaban J connectivity index is 3.16. The maximum absolute atomic E-state index is 8.22. The molecule has 0 unspecified atom stereocenters. The summed E-state index contributed by atoms with van der Waals surface area (Å²) >= 11 is 0. The SMILES string of the molecule is CCCCCCCCCCCC/C=C\CC/C=C\CCCCCCCCCCCCN=[N+]=[N-]. The molecule has 0 rings (SSSR count). The summed E-state index contributed by atoms with van der Waals surface area (Å²) in [6.07, 6.45) is 42.0. The van der Waals surface area contributed by atoms with Crippen LogP contribution >= 0.6 is 0 Å². The largest absolute Gasteiger partial charge is 0.0940 e. The summed E-state index contributed by atoms with van der Waals surface area (Å²) in [6, 6.07) is 0. The molecule has 0 fully saturated rings. The van der Waals surface area contributed by atoms with Crippen LogP contribution in [0.3, 0.4) is 0 Å². The predicted molar refractivity (Wildman–Crippen MR) is 149 cm³/mol. The Morgan fingerprint density at radius 3 is 1.18 bits per heavy atom. The fourth-order valence-corrected chi connectivity index (χ4v) is 4.32. The minimum absolute atomic E-state index is 0.668. The highest BCUT2D eigenvalue weighted by Gasteiger charge is 1.93. The minimum Gasteiger partial charge on any atom is -0.0940 e. The second-order valence-corrected chi connectivity index (χ2v) is 9.77. The van der Waals surface area contributed by atoms with Crippen molar-refractivity contribution in [1.82, 2.24) is 0 Å². The van der Waals surface area contributed by atoms with Crippen LogP contribution in [-0.2, 0) is 0 Å². The van der Waals surface area contributed by atoms with Crippen molar-refractivity contribution in [3.63, 3.8) is 0 Å². The van der Waals surface area contributed by atoms with Crippen molar-refractivity contribution in [1.29, 1.82) is 0 Å². The van der Waals surface area contributed by atoms with E-state index in [9.17, 15) is 0 Å². The summed E-state index contributed by atoms with van der Waals surface area (Å²) in [4.78, 5) is 2.79. The Bertz CT molecular complexity index is 463. The summed E-state index contributed by atoms with van der Waals surface area (Å²) in [5, 5.41) is 3.58. The molecular weight excluding hydrogens is 402 g/mol. The van der Waals surface area contributed by atoms with Crippen LogP contribution in [0.5, 0.6) is 0 Å². The van der Waals surface area contributed by atoms with E-state index < -0.39 is 0 Å². The third-order valence-electron chi connectivity index (χ3n) is 6.50. The van der Waals surface area contributed by atoms with E-state index in [0.29, 0.717) is 6.54 Å². The van der Waals surface area contributed by atoms with Crippen molar-refractivity contribution in [3.05, 3.63) is 34.7 Å². The molecule has 0 aliphatic rings. The van der Waals surface area contributed by atoms with E-state index in [0.717, 1.165) is 6.42 Å². The first-order valence-electron chi connectivity index (χ1n) is 14.7. The van der Waals surface area contributed by atoms with Gasteiger partial charge in [0.15, 0.2) is 0 Å². The van der Waals surface area contributed by atoms with E-state index in [1.165, 1.54) is 148 Å². The molecule has 0 saturated heterocycles. The molecule has 0 bridgehead atoms. The Kier molecular flexibility index (Phi) is 29.7. The Labute approximate surface area is 207 Å². The number of rotatable bonds is 27. The van der Waals surface area contributed by atoms with E-state index in [1.54, 1.807) is 0 Å². The van der Waals surface area contributed by atoms with Gasteiger partial charge >= 0.3 is 0 Å². The standard InChI is InChI=1S/C30H57N3/c1-2-3-4-5-6-7-8-9-10-11-12-13-14-15-16-17-18-19-20-21-22-23-24-25-26-27-28-29-30-32-33-31/h13-14,17-18H,2-12,15-16,19-30H2,1H3/b14-13-,18-17-. The minimum atomic E-state index is 0.668. The van der Waals surface area contributed by atoms with E-state index in [2.05, 4.69) is 41.3 Å². The van der Waals surface area contributed by atoms with Crippen molar-refractivity contribution in [2.24, 2.45) is 5.11 Å². The average Bonchev–Trinajstić information content (AvgIpc) is 2.83. The van der Waals surface area contributed by atoms with Gasteiger partial charge in [-0.2, -0.15) is 0 Å². The van der Waals surface area contributed by atoms with Crippen LogP contribution in [0.2, 0.25) is 0 Å². The number of azide groups is 1. The Morgan fingerprint density at radius 1 is 0.455 bits per heavy atom. The molecule has 0 aromatic heterocycles. The number of unbranched alkanes of at least 4 members (excludes halogenated alkanes) is 21. The molecular formula is C30H57N3. The van der Waals surface area contributed by atoms with Crippen LogP contribution in [0, 0.1) is 0 Å². The Morgan fingerprint density at radius 2 is 0.788 bits per heavy atom. The van der Waals surface area contributed by atoms with Gasteiger partial charge in [0.1, 0.15) is 0 Å². The first-order chi connectivity index (χ1) is 16.4. The lowest BCUT2D eigenvalue weighted by Crippen LogP contribution is -1.83. The predicted octanol–water partition coefficient (Wildman–Crippen LogP) is 11.8. The summed E-state index contributed by atoms with van der Waals surface area (Å²) in [6.45, 7) is 2.96. The molecule has 0 radical (unpaired) electrons. The van der Waals surface area contributed by atoms with Gasteiger partial charge in [-0.05, 0) is 50.5 Å². The maximum Gasteiger partial charge on any atom is 0.0257 e. The van der Waals surface area contributed by atoms with Gasteiger partial charge in [0.2, 0.25) is 0 Å². The van der Waals surface area contributed by atoms with Crippen molar-refractivity contribution >= 4 is 0 Å². The third-order valence-corrected chi connectivity index (χ3v) is 6.50. The molecule has 0 amide bonds. The summed E-state index contributed by atoms with van der Waals surface area (Å²) in [5.41, 5.74) is 8.22. The zero-order valence-electron chi connectivity index (χ0n) is 22.3. The van der Waals surface area contributed by atoms with E-state index in [-0.39, 0.29) is 0 Å². The van der Waals surface area contributed by atoms with Gasteiger partial charge in [0.25, 0.3) is 0 Å². The lowest BCUT2D eigenvalue weighted by molar-refractivity contribution is 0.554. The van der Waals surface area contributed by atoms with Crippen LogP contribution in [0.15, 0.2) is 29.4 Å². The van der Waals surface area contributed by atoms with Gasteiger partial charge in [0.05, 0.1) is 0 Å². The van der Waals surface area contributed by atoms with Gasteiger partial charge in [-0.1, -0.05) is 145 Å². The quantitative estimate of drug-likeness (QED) is 0.0385. The molecule has 3 nitrogen and oxygen atoms in total. The van der Waals surface area contributed by atoms with Crippen LogP contribution in [0.4, 0.5) is 0 Å². The Hall–Kier alpha value is -1.21. The zero-order valence-corrected chi connectivity index (χ0v) is 22.3. The van der Waals surface area contributed by atoms with Crippen molar-refractivity contribution in [3.8, 4) is 0 Å². The molecule has 0 heterocycles. The van der Waals surface area contributed by atoms with Crippen molar-refractivity contribution < 1.29 is 0 Å². The first-order valence-corrected chi connectivity index (χ1v) is 14.7. The van der Waals surface area contributed by atoms with E-state index in [4.69, 9.17) is 5.53 Å². The van der Waals surface area contributed by atoms with Crippen LogP contribution < -0.4 is 0 Å². The number of nitrogens with zero attached hydrogens (tertiary/aromatic N) is 3. The highest BCUT2D eigenvalue weighted by Crippen LogP contribution is 2.13. The first kappa shape index (κ1) is 31.8. The smallest absolute Gasteiger partial charge is 0.0257 e. The van der Waals surface area contributed by atoms with Crippen molar-refractivity contribution in [2.75, 3.05) is 6.54 Å². The molecule has 0 saturated carbocycles. The molecule has 0 aromatic rings. The summed E-state index contributed by atoms with van der Waals surface area (Å²) in [5.74, 6) is 0. The molecule has 0 atom stereocenters. The molecule has 3 heteroatoms. The fourth-order valence-electron chi connectivity index (χ4n) is 4.32. The molecule has 0 aromatic carbocycles. The molecule has 33 heavy (non-hydrogen) atoms. The molecule has 192 valence electrons. The normalized spacial score (nSPS) is 11.5. The number of hydrogen-bond acceptors (Lipinski definition) is 1. The highest BCUT2D eigenvalue weighted by atomic mass is 15.1. The van der Waals surface area contributed by atoms with Crippen LogP contribution in [0.1, 0.15) is 161 Å². The molecule has 0 N–H and O–H groups in total. The second kappa shape index (κ2) is 30.8. The van der Waals surface area contributed by atoms with Crippen LogP contribution in [0.25, 0.3) is 10.4 Å². The van der Waals surface area contributed by atoms with Gasteiger partial charge < -0.3 is 0 Å². The fraction of sp³-hybridized carbons (Fsp3) is 0.867. The molecule has 0 spiro atoms. The third kappa shape index (κ3) is 30.8. The van der Waals surface area contributed by atoms with Crippen LogP contribution in [-0.4, -0.2) is 6.54 Å². The number of hydrogen-bond donors (Lipinski definition) is 0. The molecule has 0 aliphatic carbocycles. The van der Waals surface area contributed by atoms with Gasteiger partial charge in [-0.15, -0.1) is 0 Å². The average molecular weight is 460 g/mol. The van der Waals surface area contributed by atoms with Gasteiger partial charge in [-0.3, -0.25) is 0 Å². The lowest BCUT2D eigenvalue weighted by atomic mass is 10.1.